The van der Waals surface area contributed by atoms with Gasteiger partial charge in [-0.3, -0.25) is 9.59 Å². The number of carbonyl (C=O) groups excluding carboxylic acids is 2. The van der Waals surface area contributed by atoms with Gasteiger partial charge in [-0.25, -0.2) is 0 Å². The van der Waals surface area contributed by atoms with Crippen molar-refractivity contribution in [2.75, 3.05) is 11.9 Å². The third kappa shape index (κ3) is 4.39. The minimum atomic E-state index is -0.419. The number of carbonyl (C=O) groups is 2. The van der Waals surface area contributed by atoms with Crippen LogP contribution in [-0.4, -0.2) is 28.8 Å². The number of nitrogens with one attached hydrogen (secondary N) is 1. The van der Waals surface area contributed by atoms with E-state index < -0.39 is 5.54 Å². The summed E-state index contributed by atoms with van der Waals surface area (Å²) >= 11 is 0. The monoisotopic (exact) mass is 273 g/mol. The number of rotatable bonds is 3. The molecule has 0 unspecified atom stereocenters. The second kappa shape index (κ2) is 6.20. The molecule has 0 bridgehead atoms. The summed E-state index contributed by atoms with van der Waals surface area (Å²) < 4.78 is 0. The minimum absolute atomic E-state index is 0.0182. The molecule has 0 saturated heterocycles. The summed E-state index contributed by atoms with van der Waals surface area (Å²) in [5.41, 5.74) is 0.603. The van der Waals surface area contributed by atoms with Crippen LogP contribution in [0.3, 0.4) is 0 Å². The Morgan fingerprint density at radius 3 is 2.50 bits per heavy atom. The summed E-state index contributed by atoms with van der Waals surface area (Å²) in [6.07, 6.45) is 0. The van der Waals surface area contributed by atoms with Gasteiger partial charge in [-0.15, -0.1) is 0 Å². The first-order valence-corrected chi connectivity index (χ1v) is 6.32. The number of hydrogen-bond donors (Lipinski definition) is 1. The lowest BCUT2D eigenvalue weighted by Crippen LogP contribution is -2.48. The largest absolute Gasteiger partial charge is 0.329 e. The molecule has 5 heteroatoms. The first kappa shape index (κ1) is 15.7. The Hall–Kier alpha value is -2.35. The lowest BCUT2D eigenvalue weighted by molar-refractivity contribution is -0.137. The molecular weight excluding hydrogens is 254 g/mol. The molecule has 0 aliphatic rings. The molecule has 0 spiro atoms. The van der Waals surface area contributed by atoms with Crippen LogP contribution < -0.4 is 5.32 Å². The quantitative estimate of drug-likeness (QED) is 0.917. The van der Waals surface area contributed by atoms with E-state index in [4.69, 9.17) is 5.26 Å². The molecule has 0 fully saturated rings. The Morgan fingerprint density at radius 2 is 2.00 bits per heavy atom. The van der Waals surface area contributed by atoms with Crippen molar-refractivity contribution in [3.8, 4) is 6.07 Å². The van der Waals surface area contributed by atoms with E-state index in [-0.39, 0.29) is 18.4 Å². The van der Waals surface area contributed by atoms with Crippen molar-refractivity contribution in [3.05, 3.63) is 29.8 Å². The molecular formula is C15H19N3O2. The van der Waals surface area contributed by atoms with Gasteiger partial charge in [0.15, 0.2) is 0 Å². The van der Waals surface area contributed by atoms with Gasteiger partial charge in [-0.05, 0) is 39.0 Å². The van der Waals surface area contributed by atoms with E-state index in [1.807, 2.05) is 26.8 Å². The zero-order chi connectivity index (χ0) is 15.3. The van der Waals surface area contributed by atoms with Crippen LogP contribution >= 0.6 is 0 Å². The summed E-state index contributed by atoms with van der Waals surface area (Å²) in [5, 5.41) is 11.5. The molecule has 1 rings (SSSR count). The Balaban J connectivity index is 2.76. The van der Waals surface area contributed by atoms with Crippen molar-refractivity contribution in [2.45, 2.75) is 33.2 Å². The number of hydrogen-bond acceptors (Lipinski definition) is 3. The summed E-state index contributed by atoms with van der Waals surface area (Å²) in [5.74, 6) is -0.441. The Labute approximate surface area is 119 Å². The number of nitriles is 1. The van der Waals surface area contributed by atoms with Crippen LogP contribution in [-0.2, 0) is 9.59 Å². The lowest BCUT2D eigenvalue weighted by Gasteiger charge is -2.34. The highest BCUT2D eigenvalue weighted by atomic mass is 16.2. The van der Waals surface area contributed by atoms with E-state index >= 15 is 0 Å². The molecule has 106 valence electrons. The zero-order valence-electron chi connectivity index (χ0n) is 12.2. The fourth-order valence-corrected chi connectivity index (χ4v) is 1.83. The fraction of sp³-hybridized carbons (Fsp3) is 0.400. The predicted octanol–water partition coefficient (Wildman–Crippen LogP) is 2.14. The Kier molecular flexibility index (Phi) is 4.87. The van der Waals surface area contributed by atoms with Crippen molar-refractivity contribution >= 4 is 17.5 Å². The first-order valence-electron chi connectivity index (χ1n) is 6.32. The molecule has 20 heavy (non-hydrogen) atoms. The third-order valence-electron chi connectivity index (χ3n) is 2.77. The molecule has 0 aliphatic heterocycles. The topological polar surface area (TPSA) is 73.2 Å². The van der Waals surface area contributed by atoms with Crippen LogP contribution in [0.1, 0.15) is 33.3 Å². The zero-order valence-corrected chi connectivity index (χ0v) is 12.2. The number of nitrogens with zero attached hydrogens (tertiary/aromatic N) is 2. The predicted molar refractivity (Wildman–Crippen MR) is 76.9 cm³/mol. The van der Waals surface area contributed by atoms with E-state index in [0.29, 0.717) is 11.3 Å². The number of anilines is 1. The lowest BCUT2D eigenvalue weighted by atomic mass is 10.1. The second-order valence-electron chi connectivity index (χ2n) is 5.52. The maximum atomic E-state index is 12.0. The smallest absolute Gasteiger partial charge is 0.244 e. The molecule has 0 aromatic heterocycles. The number of amides is 2. The minimum Gasteiger partial charge on any atom is -0.329 e. The third-order valence-corrected chi connectivity index (χ3v) is 2.77. The maximum Gasteiger partial charge on any atom is 0.244 e. The van der Waals surface area contributed by atoms with Crippen LogP contribution in [0.2, 0.25) is 0 Å². The van der Waals surface area contributed by atoms with Gasteiger partial charge < -0.3 is 10.2 Å². The highest BCUT2D eigenvalue weighted by molar-refractivity contribution is 5.94. The standard InChI is InChI=1S/C15H19N3O2/c1-11(19)18(15(2,3)4)10-14(20)17-13-7-5-6-12(8-13)9-16/h5-8H,10H2,1-4H3,(H,17,20). The first-order chi connectivity index (χ1) is 9.24. The summed E-state index contributed by atoms with van der Waals surface area (Å²) in [6.45, 7) is 7.04. The number of benzene rings is 1. The van der Waals surface area contributed by atoms with E-state index in [9.17, 15) is 9.59 Å². The highest BCUT2D eigenvalue weighted by Crippen LogP contribution is 2.14. The Bertz CT molecular complexity index is 553. The fourth-order valence-electron chi connectivity index (χ4n) is 1.83. The summed E-state index contributed by atoms with van der Waals surface area (Å²) in [7, 11) is 0. The molecule has 1 aromatic carbocycles. The van der Waals surface area contributed by atoms with Gasteiger partial charge in [0.05, 0.1) is 11.6 Å². The molecule has 2 amide bonds. The van der Waals surface area contributed by atoms with Crippen molar-refractivity contribution in [1.82, 2.24) is 4.90 Å². The van der Waals surface area contributed by atoms with Crippen molar-refractivity contribution in [3.63, 3.8) is 0 Å². The van der Waals surface area contributed by atoms with Gasteiger partial charge >= 0.3 is 0 Å². The van der Waals surface area contributed by atoms with Gasteiger partial charge in [0.25, 0.3) is 0 Å². The molecule has 5 nitrogen and oxygen atoms in total. The van der Waals surface area contributed by atoms with Crippen LogP contribution in [0.15, 0.2) is 24.3 Å². The second-order valence-corrected chi connectivity index (χ2v) is 5.52. The van der Waals surface area contributed by atoms with E-state index in [1.54, 1.807) is 24.3 Å². The van der Waals surface area contributed by atoms with E-state index in [1.165, 1.54) is 11.8 Å². The molecule has 0 radical (unpaired) electrons. The summed E-state index contributed by atoms with van der Waals surface area (Å²) in [4.78, 5) is 25.1. The molecule has 0 heterocycles. The normalized spacial score (nSPS) is 10.6. The van der Waals surface area contributed by atoms with E-state index in [0.717, 1.165) is 0 Å². The Morgan fingerprint density at radius 1 is 1.35 bits per heavy atom. The highest BCUT2D eigenvalue weighted by Gasteiger charge is 2.25. The average molecular weight is 273 g/mol. The van der Waals surface area contributed by atoms with Crippen molar-refractivity contribution < 1.29 is 9.59 Å². The maximum absolute atomic E-state index is 12.0. The van der Waals surface area contributed by atoms with Crippen LogP contribution in [0.4, 0.5) is 5.69 Å². The van der Waals surface area contributed by atoms with Crippen molar-refractivity contribution in [1.29, 1.82) is 5.26 Å². The van der Waals surface area contributed by atoms with Gasteiger partial charge in [0, 0.05) is 18.2 Å². The molecule has 1 aromatic rings. The SMILES string of the molecule is CC(=O)N(CC(=O)Nc1cccc(C#N)c1)C(C)(C)C. The van der Waals surface area contributed by atoms with Crippen LogP contribution in [0.5, 0.6) is 0 Å². The average Bonchev–Trinajstić information content (AvgIpc) is 2.34. The van der Waals surface area contributed by atoms with Gasteiger partial charge in [-0.1, -0.05) is 6.07 Å². The van der Waals surface area contributed by atoms with Gasteiger partial charge in [0.2, 0.25) is 11.8 Å². The van der Waals surface area contributed by atoms with Crippen LogP contribution in [0, 0.1) is 11.3 Å². The molecule has 0 atom stereocenters. The summed E-state index contributed by atoms with van der Waals surface area (Å²) in [6, 6.07) is 8.66. The van der Waals surface area contributed by atoms with Crippen molar-refractivity contribution in [2.24, 2.45) is 0 Å². The molecule has 1 N–H and O–H groups in total. The van der Waals surface area contributed by atoms with Crippen LogP contribution in [0.25, 0.3) is 0 Å². The molecule has 0 aliphatic carbocycles. The van der Waals surface area contributed by atoms with Gasteiger partial charge in [0.1, 0.15) is 6.54 Å². The molecule has 0 saturated carbocycles. The van der Waals surface area contributed by atoms with E-state index in [2.05, 4.69) is 5.32 Å². The van der Waals surface area contributed by atoms with Gasteiger partial charge in [-0.2, -0.15) is 5.26 Å².